The molecule has 2 N–H and O–H groups in total. The normalized spacial score (nSPS) is 12.5. The second kappa shape index (κ2) is 14.0. The molecule has 0 saturated carbocycles. The number of para-hydroxylation sites is 1. The lowest BCUT2D eigenvalue weighted by molar-refractivity contribution is -0.124. The summed E-state index contributed by atoms with van der Waals surface area (Å²) in [7, 11) is 0. The Labute approximate surface area is 235 Å². The van der Waals surface area contributed by atoms with Gasteiger partial charge in [0.15, 0.2) is 5.78 Å². The molecule has 0 bridgehead atoms. The van der Waals surface area contributed by atoms with Crippen LogP contribution in [0.2, 0.25) is 0 Å². The number of rotatable bonds is 12. The minimum absolute atomic E-state index is 0.0931. The predicted molar refractivity (Wildman–Crippen MR) is 156 cm³/mol. The molecule has 0 aliphatic heterocycles. The first-order chi connectivity index (χ1) is 19.4. The van der Waals surface area contributed by atoms with Crippen molar-refractivity contribution in [3.63, 3.8) is 0 Å². The number of Topliss-reactive ketones (excluding diaryl/α,β-unsaturated/α-hetero) is 1. The molecule has 2 amide bonds. The van der Waals surface area contributed by atoms with Gasteiger partial charge in [-0.3, -0.25) is 14.6 Å². The Morgan fingerprint density at radius 3 is 2.15 bits per heavy atom. The van der Waals surface area contributed by atoms with Gasteiger partial charge < -0.3 is 15.4 Å². The number of aryl methyl sites for hydroxylation is 1. The van der Waals surface area contributed by atoms with Crippen LogP contribution in [0.25, 0.3) is 10.9 Å². The number of hydrogen-bond acceptors (Lipinski definition) is 5. The number of carbonyl (C=O) groups is 3. The number of ketones is 1. The predicted octanol–water partition coefficient (Wildman–Crippen LogP) is 5.88. The molecule has 0 fully saturated rings. The zero-order valence-corrected chi connectivity index (χ0v) is 22.9. The van der Waals surface area contributed by atoms with E-state index in [9.17, 15) is 14.4 Å². The number of carbonyl (C=O) groups excluding carboxylic acids is 3. The molecular weight excluding hydrogens is 502 g/mol. The quantitative estimate of drug-likeness (QED) is 0.220. The van der Waals surface area contributed by atoms with E-state index in [1.54, 1.807) is 12.3 Å². The second-order valence-corrected chi connectivity index (χ2v) is 10.3. The van der Waals surface area contributed by atoms with Crippen LogP contribution in [0.1, 0.15) is 48.2 Å². The third kappa shape index (κ3) is 8.24. The molecule has 206 valence electrons. The average molecular weight is 538 g/mol. The molecule has 0 radical (unpaired) electrons. The zero-order chi connectivity index (χ0) is 28.3. The van der Waals surface area contributed by atoms with Crippen LogP contribution in [0, 0.1) is 5.92 Å². The average Bonchev–Trinajstić information content (AvgIpc) is 2.98. The van der Waals surface area contributed by atoms with Gasteiger partial charge in [0.1, 0.15) is 12.6 Å². The Morgan fingerprint density at radius 1 is 0.800 bits per heavy atom. The summed E-state index contributed by atoms with van der Waals surface area (Å²) < 4.78 is 5.35. The van der Waals surface area contributed by atoms with E-state index in [0.29, 0.717) is 24.8 Å². The molecular formula is C33H35N3O4. The number of amides is 2. The van der Waals surface area contributed by atoms with Crippen molar-refractivity contribution in [3.8, 4) is 0 Å². The number of nitrogens with one attached hydrogen (secondary N) is 2. The topological polar surface area (TPSA) is 97.4 Å². The number of pyridine rings is 1. The van der Waals surface area contributed by atoms with Crippen molar-refractivity contribution in [3.05, 3.63) is 114 Å². The molecule has 4 aromatic rings. The number of nitrogens with zero attached hydrogens (tertiary/aromatic N) is 1. The van der Waals surface area contributed by atoms with E-state index in [0.717, 1.165) is 22.0 Å². The van der Waals surface area contributed by atoms with Gasteiger partial charge in [-0.25, -0.2) is 4.79 Å². The first kappa shape index (κ1) is 28.5. The van der Waals surface area contributed by atoms with Crippen LogP contribution >= 0.6 is 0 Å². The van der Waals surface area contributed by atoms with E-state index in [1.807, 2.05) is 98.8 Å². The van der Waals surface area contributed by atoms with E-state index in [2.05, 4.69) is 15.6 Å². The second-order valence-electron chi connectivity index (χ2n) is 10.3. The molecule has 7 nitrogen and oxygen atoms in total. The van der Waals surface area contributed by atoms with Gasteiger partial charge >= 0.3 is 6.09 Å². The van der Waals surface area contributed by atoms with Crippen molar-refractivity contribution in [2.24, 2.45) is 5.92 Å². The highest BCUT2D eigenvalue weighted by Crippen LogP contribution is 2.17. The molecule has 1 heterocycles. The summed E-state index contributed by atoms with van der Waals surface area (Å²) in [5.74, 6) is -0.531. The highest BCUT2D eigenvalue weighted by Gasteiger charge is 2.28. The van der Waals surface area contributed by atoms with Crippen molar-refractivity contribution < 1.29 is 19.1 Å². The fourth-order valence-corrected chi connectivity index (χ4v) is 4.51. The highest BCUT2D eigenvalue weighted by atomic mass is 16.5. The maximum absolute atomic E-state index is 13.7. The Kier molecular flexibility index (Phi) is 9.99. The molecule has 4 rings (SSSR count). The van der Waals surface area contributed by atoms with Crippen LogP contribution in [-0.4, -0.2) is 34.9 Å². The molecule has 0 aliphatic rings. The third-order valence-electron chi connectivity index (χ3n) is 6.60. The summed E-state index contributed by atoms with van der Waals surface area (Å²) >= 11 is 0. The highest BCUT2D eigenvalue weighted by molar-refractivity contribution is 6.04. The number of aromatic nitrogens is 1. The summed E-state index contributed by atoms with van der Waals surface area (Å²) in [6.45, 7) is 4.03. The molecule has 7 heteroatoms. The minimum atomic E-state index is -0.856. The number of fused-ring (bicyclic) bond motifs is 1. The largest absolute Gasteiger partial charge is 0.445 e. The number of ether oxygens (including phenoxy) is 1. The van der Waals surface area contributed by atoms with Crippen LogP contribution in [-0.2, 0) is 22.6 Å². The maximum atomic E-state index is 13.7. The van der Waals surface area contributed by atoms with Crippen molar-refractivity contribution in [1.82, 2.24) is 15.6 Å². The lowest BCUT2D eigenvalue weighted by Gasteiger charge is -2.24. The Hall–Kier alpha value is -4.52. The molecule has 0 aliphatic carbocycles. The standard InChI is InChI=1S/C33H35N3O4/c1-23(2)19-30(36-33(39)40-22-25-13-7-4-8-14-25)32(38)35-29(18-17-24-11-5-3-6-12-24)31(37)27-20-26-15-9-10-16-28(26)34-21-27/h3-16,20-21,23,29-30H,17-19,22H2,1-2H3,(H,35,38)(H,36,39). The Bertz CT molecular complexity index is 1420. The van der Waals surface area contributed by atoms with Crippen molar-refractivity contribution in [1.29, 1.82) is 0 Å². The zero-order valence-electron chi connectivity index (χ0n) is 22.9. The van der Waals surface area contributed by atoms with Crippen LogP contribution in [0.4, 0.5) is 4.79 Å². The molecule has 0 saturated heterocycles. The van der Waals surface area contributed by atoms with E-state index in [1.165, 1.54) is 0 Å². The molecule has 3 aromatic carbocycles. The number of benzene rings is 3. The molecule has 40 heavy (non-hydrogen) atoms. The van der Waals surface area contributed by atoms with Gasteiger partial charge in [0.05, 0.1) is 11.6 Å². The van der Waals surface area contributed by atoms with Gasteiger partial charge in [0.2, 0.25) is 5.91 Å². The van der Waals surface area contributed by atoms with Crippen LogP contribution < -0.4 is 10.6 Å². The Balaban J connectivity index is 1.49. The van der Waals surface area contributed by atoms with Crippen molar-refractivity contribution in [2.45, 2.75) is 51.8 Å². The Morgan fingerprint density at radius 2 is 1.45 bits per heavy atom. The van der Waals surface area contributed by atoms with E-state index in [4.69, 9.17) is 4.74 Å². The summed E-state index contributed by atoms with van der Waals surface area (Å²) in [4.78, 5) is 44.2. The summed E-state index contributed by atoms with van der Waals surface area (Å²) in [5, 5.41) is 6.48. The van der Waals surface area contributed by atoms with Gasteiger partial charge in [0.25, 0.3) is 0 Å². The number of alkyl carbamates (subject to hydrolysis) is 1. The maximum Gasteiger partial charge on any atom is 0.408 e. The van der Waals surface area contributed by atoms with E-state index in [-0.39, 0.29) is 18.3 Å². The SMILES string of the molecule is CC(C)CC(NC(=O)OCc1ccccc1)C(=O)NC(CCc1ccccc1)C(=O)c1cnc2ccccc2c1. The van der Waals surface area contributed by atoms with E-state index < -0.39 is 24.1 Å². The van der Waals surface area contributed by atoms with Gasteiger partial charge in [-0.1, -0.05) is 92.7 Å². The summed E-state index contributed by atoms with van der Waals surface area (Å²) in [5.41, 5.74) is 3.12. The van der Waals surface area contributed by atoms with Crippen LogP contribution in [0.15, 0.2) is 97.2 Å². The van der Waals surface area contributed by atoms with Gasteiger partial charge in [-0.15, -0.1) is 0 Å². The third-order valence-corrected chi connectivity index (χ3v) is 6.60. The lowest BCUT2D eigenvalue weighted by Crippen LogP contribution is -2.52. The van der Waals surface area contributed by atoms with E-state index >= 15 is 0 Å². The fraction of sp³-hybridized carbons (Fsp3) is 0.273. The lowest BCUT2D eigenvalue weighted by atomic mass is 9.96. The first-order valence-electron chi connectivity index (χ1n) is 13.6. The van der Waals surface area contributed by atoms with Crippen LogP contribution in [0.5, 0.6) is 0 Å². The van der Waals surface area contributed by atoms with Gasteiger partial charge in [-0.05, 0) is 48.4 Å². The summed E-state index contributed by atoms with van der Waals surface area (Å²) in [6.07, 6.45) is 2.25. The first-order valence-corrected chi connectivity index (χ1v) is 13.6. The van der Waals surface area contributed by atoms with Crippen molar-refractivity contribution in [2.75, 3.05) is 0 Å². The number of hydrogen-bond donors (Lipinski definition) is 2. The van der Waals surface area contributed by atoms with Crippen molar-refractivity contribution >= 4 is 28.7 Å². The molecule has 0 spiro atoms. The minimum Gasteiger partial charge on any atom is -0.445 e. The van der Waals surface area contributed by atoms with Gasteiger partial charge in [-0.2, -0.15) is 0 Å². The fourth-order valence-electron chi connectivity index (χ4n) is 4.51. The smallest absolute Gasteiger partial charge is 0.408 e. The summed E-state index contributed by atoms with van der Waals surface area (Å²) in [6, 6.07) is 26.9. The molecule has 2 atom stereocenters. The van der Waals surface area contributed by atoms with Gasteiger partial charge in [0, 0.05) is 17.1 Å². The molecule has 1 aromatic heterocycles. The monoisotopic (exact) mass is 537 g/mol. The molecule has 2 unspecified atom stereocenters. The van der Waals surface area contributed by atoms with Crippen LogP contribution in [0.3, 0.4) is 0 Å².